The first-order chi connectivity index (χ1) is 15.6. The molecule has 0 aliphatic rings. The molecule has 2 aromatic rings. The van der Waals surface area contributed by atoms with Crippen molar-refractivity contribution in [2.45, 2.75) is 87.3 Å². The molecular formula is C24H32Na2O7S2. The molecule has 0 aromatic heterocycles. The van der Waals surface area contributed by atoms with Gasteiger partial charge in [-0.2, -0.15) is 0 Å². The molecule has 0 saturated heterocycles. The van der Waals surface area contributed by atoms with Crippen molar-refractivity contribution in [3.63, 3.8) is 0 Å². The van der Waals surface area contributed by atoms with Crippen LogP contribution in [-0.2, 0) is 26.7 Å². The van der Waals surface area contributed by atoms with E-state index in [-0.39, 0.29) is 74.7 Å². The van der Waals surface area contributed by atoms with Crippen LogP contribution in [0.3, 0.4) is 0 Å². The van der Waals surface area contributed by atoms with E-state index in [1.54, 1.807) is 0 Å². The van der Waals surface area contributed by atoms with Crippen molar-refractivity contribution in [2.75, 3.05) is 0 Å². The predicted molar refractivity (Wildman–Crippen MR) is 124 cm³/mol. The second-order valence-electron chi connectivity index (χ2n) is 8.18. The van der Waals surface area contributed by atoms with Gasteiger partial charge in [-0.15, -0.1) is 0 Å². The van der Waals surface area contributed by atoms with Gasteiger partial charge in [-0.3, -0.25) is 0 Å². The predicted octanol–water partition coefficient (Wildman–Crippen LogP) is -0.241. The zero-order chi connectivity index (χ0) is 24.3. The molecule has 0 radical (unpaired) electrons. The van der Waals surface area contributed by atoms with Crippen molar-refractivity contribution < 1.29 is 89.8 Å². The van der Waals surface area contributed by atoms with Crippen LogP contribution in [0.4, 0.5) is 0 Å². The number of hydrogen-bond acceptors (Lipinski definition) is 7. The molecular weight excluding hydrogens is 510 g/mol. The first-order valence-electron chi connectivity index (χ1n) is 11.4. The SMILES string of the molecule is CCCCCCCCCCCCc1cc(Oc2ccc(S(=O)(=O)[O-])cc2)ccc1S(=O)(=O)[O-].[Na+].[Na+]. The third-order valence-electron chi connectivity index (χ3n) is 5.45. The first-order valence-corrected chi connectivity index (χ1v) is 14.3. The summed E-state index contributed by atoms with van der Waals surface area (Å²) in [6, 6.07) is 9.09. The number of ether oxygens (including phenoxy) is 1. The third kappa shape index (κ3) is 13.4. The van der Waals surface area contributed by atoms with Crippen molar-refractivity contribution in [1.82, 2.24) is 0 Å². The number of hydrogen-bond donors (Lipinski definition) is 0. The molecule has 0 fully saturated rings. The maximum Gasteiger partial charge on any atom is 1.00 e. The topological polar surface area (TPSA) is 124 Å². The number of aryl methyl sites for hydroxylation is 1. The molecule has 11 heteroatoms. The van der Waals surface area contributed by atoms with Crippen LogP contribution in [-0.4, -0.2) is 25.9 Å². The summed E-state index contributed by atoms with van der Waals surface area (Å²) >= 11 is 0. The van der Waals surface area contributed by atoms with Gasteiger partial charge in [0.15, 0.2) is 0 Å². The normalized spacial score (nSPS) is 11.4. The van der Waals surface area contributed by atoms with Gasteiger partial charge >= 0.3 is 59.1 Å². The Morgan fingerprint density at radius 3 is 1.63 bits per heavy atom. The molecule has 0 heterocycles. The zero-order valence-electron chi connectivity index (χ0n) is 21.0. The van der Waals surface area contributed by atoms with E-state index >= 15 is 0 Å². The second-order valence-corrected chi connectivity index (χ2v) is 10.9. The van der Waals surface area contributed by atoms with E-state index in [1.165, 1.54) is 68.9 Å². The van der Waals surface area contributed by atoms with Gasteiger partial charge in [0.25, 0.3) is 0 Å². The van der Waals surface area contributed by atoms with E-state index in [1.807, 2.05) is 0 Å². The fourth-order valence-electron chi connectivity index (χ4n) is 3.67. The van der Waals surface area contributed by atoms with Gasteiger partial charge in [0.1, 0.15) is 31.7 Å². The molecule has 0 spiro atoms. The van der Waals surface area contributed by atoms with Gasteiger partial charge in [-0.1, -0.05) is 64.7 Å². The zero-order valence-corrected chi connectivity index (χ0v) is 26.6. The van der Waals surface area contributed by atoms with E-state index in [0.717, 1.165) is 37.8 Å². The van der Waals surface area contributed by atoms with E-state index in [4.69, 9.17) is 4.74 Å². The van der Waals surface area contributed by atoms with E-state index in [9.17, 15) is 25.9 Å². The minimum absolute atomic E-state index is 0. The first kappa shape index (κ1) is 35.1. The van der Waals surface area contributed by atoms with Crippen LogP contribution in [0.15, 0.2) is 52.3 Å². The van der Waals surface area contributed by atoms with Gasteiger partial charge in [0, 0.05) is 0 Å². The summed E-state index contributed by atoms with van der Waals surface area (Å²) in [6.07, 6.45) is 11.9. The molecule has 0 bridgehead atoms. The van der Waals surface area contributed by atoms with E-state index in [0.29, 0.717) is 17.7 Å². The van der Waals surface area contributed by atoms with E-state index < -0.39 is 20.2 Å². The minimum atomic E-state index is -4.61. The summed E-state index contributed by atoms with van der Waals surface area (Å²) in [4.78, 5) is -0.622. The fourth-order valence-corrected chi connectivity index (χ4v) is 4.86. The maximum absolute atomic E-state index is 11.7. The van der Waals surface area contributed by atoms with Crippen LogP contribution in [0.2, 0.25) is 0 Å². The maximum atomic E-state index is 11.7. The summed E-state index contributed by atoms with van der Waals surface area (Å²) < 4.78 is 73.7. The fraction of sp³-hybridized carbons (Fsp3) is 0.500. The Hall–Kier alpha value is 0.0600. The van der Waals surface area contributed by atoms with Gasteiger partial charge in [-0.25, -0.2) is 16.8 Å². The minimum Gasteiger partial charge on any atom is -0.744 e. The van der Waals surface area contributed by atoms with Gasteiger partial charge in [0.05, 0.1) is 9.79 Å². The Kier molecular flexibility index (Phi) is 17.6. The molecule has 0 saturated carbocycles. The van der Waals surface area contributed by atoms with Crippen LogP contribution in [0.5, 0.6) is 11.5 Å². The average Bonchev–Trinajstić information content (AvgIpc) is 2.74. The standard InChI is InChI=1S/C24H34O7S2.2Na/c1-2-3-4-5-6-7-8-9-10-11-12-20-19-22(15-18-24(20)33(28,29)30)31-21-13-16-23(17-14-21)32(25,26)27;;/h13-19H,2-12H2,1H3,(H,25,26,27)(H,28,29,30);;/q;2*+1/p-2. The molecule has 0 aliphatic carbocycles. The van der Waals surface area contributed by atoms with Crippen molar-refractivity contribution in [2.24, 2.45) is 0 Å². The van der Waals surface area contributed by atoms with Crippen molar-refractivity contribution in [1.29, 1.82) is 0 Å². The molecule has 2 rings (SSSR count). The molecule has 0 unspecified atom stereocenters. The molecule has 0 amide bonds. The van der Waals surface area contributed by atoms with Crippen molar-refractivity contribution in [3.8, 4) is 11.5 Å². The van der Waals surface area contributed by atoms with Crippen molar-refractivity contribution in [3.05, 3.63) is 48.0 Å². The molecule has 7 nitrogen and oxygen atoms in total. The number of unbranched alkanes of at least 4 members (excludes halogenated alkanes) is 9. The number of benzene rings is 2. The summed E-state index contributed by atoms with van der Waals surface area (Å²) in [5, 5.41) is 0. The average molecular weight is 543 g/mol. The summed E-state index contributed by atoms with van der Waals surface area (Å²) in [7, 11) is -9.17. The van der Waals surface area contributed by atoms with E-state index in [2.05, 4.69) is 6.92 Å². The Morgan fingerprint density at radius 1 is 0.657 bits per heavy atom. The summed E-state index contributed by atoms with van der Waals surface area (Å²) in [5.74, 6) is 0.604. The quantitative estimate of drug-likeness (QED) is 0.173. The second kappa shape index (κ2) is 17.5. The molecule has 0 atom stereocenters. The Morgan fingerprint density at radius 2 is 1.14 bits per heavy atom. The molecule has 184 valence electrons. The number of rotatable bonds is 15. The summed E-state index contributed by atoms with van der Waals surface area (Å²) in [6.45, 7) is 2.20. The van der Waals surface area contributed by atoms with Gasteiger partial charge < -0.3 is 13.8 Å². The van der Waals surface area contributed by atoms with Gasteiger partial charge in [0.2, 0.25) is 0 Å². The molecule has 2 aromatic carbocycles. The largest absolute Gasteiger partial charge is 1.00 e. The van der Waals surface area contributed by atoms with Crippen LogP contribution in [0.1, 0.15) is 76.7 Å². The van der Waals surface area contributed by atoms with Crippen LogP contribution in [0, 0.1) is 0 Å². The molecule has 0 N–H and O–H groups in total. The monoisotopic (exact) mass is 542 g/mol. The van der Waals surface area contributed by atoms with Crippen molar-refractivity contribution >= 4 is 20.2 Å². The molecule has 0 aliphatic heterocycles. The smallest absolute Gasteiger partial charge is 0.744 e. The Bertz CT molecular complexity index is 1090. The van der Waals surface area contributed by atoms with Crippen LogP contribution < -0.4 is 63.9 Å². The van der Waals surface area contributed by atoms with Gasteiger partial charge in [-0.05, 0) is 60.9 Å². The van der Waals surface area contributed by atoms with Crippen LogP contribution in [0.25, 0.3) is 0 Å². The summed E-state index contributed by atoms with van der Waals surface area (Å²) in [5.41, 5.74) is 0.404. The Labute approximate surface area is 254 Å². The van der Waals surface area contributed by atoms with Crippen LogP contribution >= 0.6 is 0 Å². The molecule has 35 heavy (non-hydrogen) atoms. The third-order valence-corrected chi connectivity index (χ3v) is 7.24. The Balaban J connectivity index is 0.00000578.